The second kappa shape index (κ2) is 6.15. The van der Waals surface area contributed by atoms with Gasteiger partial charge in [-0.25, -0.2) is 18.9 Å². The van der Waals surface area contributed by atoms with Crippen molar-refractivity contribution in [2.75, 3.05) is 24.6 Å². The highest BCUT2D eigenvalue weighted by atomic mass is 19.1. The first-order valence-electron chi connectivity index (χ1n) is 10.6. The number of ether oxygens (including phenoxy) is 1. The van der Waals surface area contributed by atoms with E-state index in [0.717, 1.165) is 30.8 Å². The third kappa shape index (κ3) is 2.72. The van der Waals surface area contributed by atoms with E-state index in [-0.39, 0.29) is 22.7 Å². The van der Waals surface area contributed by atoms with Gasteiger partial charge in [-0.05, 0) is 30.9 Å². The average Bonchev–Trinajstić information content (AvgIpc) is 3.13. The van der Waals surface area contributed by atoms with Gasteiger partial charge in [0.25, 0.3) is 5.91 Å². The number of halogens is 1. The Morgan fingerprint density at radius 2 is 2.19 bits per heavy atom. The first kappa shape index (κ1) is 18.5. The van der Waals surface area contributed by atoms with Gasteiger partial charge in [-0.1, -0.05) is 13.8 Å². The number of nitrogens with zero attached hydrogens (tertiary/aromatic N) is 5. The zero-order valence-corrected chi connectivity index (χ0v) is 17.4. The summed E-state index contributed by atoms with van der Waals surface area (Å²) in [5.74, 6) is 1.01. The maximum Gasteiger partial charge on any atom is 0.256 e. The molecule has 3 aliphatic rings. The van der Waals surface area contributed by atoms with Gasteiger partial charge in [0.2, 0.25) is 5.88 Å². The number of carbonyl (C=O) groups excluding carboxylic acids is 1. The van der Waals surface area contributed by atoms with Crippen LogP contribution in [0.25, 0.3) is 5.65 Å². The maximum atomic E-state index is 14.3. The van der Waals surface area contributed by atoms with Gasteiger partial charge in [0.1, 0.15) is 17.2 Å². The molecule has 8 nitrogen and oxygen atoms in total. The predicted molar refractivity (Wildman–Crippen MR) is 111 cm³/mol. The van der Waals surface area contributed by atoms with E-state index in [2.05, 4.69) is 20.3 Å². The number of amides is 1. The second-order valence-corrected chi connectivity index (χ2v) is 9.52. The number of hydrogen-bond acceptors (Lipinski definition) is 6. The minimum absolute atomic E-state index is 0.217. The van der Waals surface area contributed by atoms with Crippen molar-refractivity contribution in [3.8, 4) is 5.88 Å². The summed E-state index contributed by atoms with van der Waals surface area (Å²) in [5, 5.41) is 7.26. The Balaban J connectivity index is 1.55. The zero-order chi connectivity index (χ0) is 21.4. The molecule has 3 aromatic heterocycles. The SMILES string of the molecule is CC1(C)CNC(=O)c2cnn3ccc(nc23)N2CC[C@H]3CC32c2cc(F)cnc2OC1. The van der Waals surface area contributed by atoms with Crippen molar-refractivity contribution in [2.24, 2.45) is 11.3 Å². The molecule has 2 bridgehead atoms. The van der Waals surface area contributed by atoms with Crippen LogP contribution in [0.4, 0.5) is 10.2 Å². The molecule has 1 spiro atoms. The number of aromatic nitrogens is 4. The molecular weight excluding hydrogens is 399 g/mol. The van der Waals surface area contributed by atoms with Gasteiger partial charge in [0.15, 0.2) is 5.65 Å². The van der Waals surface area contributed by atoms with Gasteiger partial charge < -0.3 is 15.0 Å². The van der Waals surface area contributed by atoms with E-state index < -0.39 is 0 Å². The highest BCUT2D eigenvalue weighted by Crippen LogP contribution is 2.64. The third-order valence-electron chi connectivity index (χ3n) is 6.74. The number of anilines is 1. The second-order valence-electron chi connectivity index (χ2n) is 9.52. The molecule has 0 radical (unpaired) electrons. The summed E-state index contributed by atoms with van der Waals surface area (Å²) < 4.78 is 22.1. The van der Waals surface area contributed by atoms with Crippen LogP contribution >= 0.6 is 0 Å². The summed E-state index contributed by atoms with van der Waals surface area (Å²) >= 11 is 0. The Labute approximate surface area is 178 Å². The first-order chi connectivity index (χ1) is 14.9. The minimum atomic E-state index is -0.382. The molecule has 6 rings (SSSR count). The number of pyridine rings is 1. The number of rotatable bonds is 0. The molecule has 1 unspecified atom stereocenters. The number of hydrogen-bond donors (Lipinski definition) is 1. The van der Waals surface area contributed by atoms with Crippen LogP contribution in [0.15, 0.2) is 30.7 Å². The van der Waals surface area contributed by atoms with Gasteiger partial charge in [-0.15, -0.1) is 0 Å². The molecule has 3 aromatic rings. The normalized spacial score (nSPS) is 26.5. The van der Waals surface area contributed by atoms with Gasteiger partial charge >= 0.3 is 0 Å². The number of nitrogens with one attached hydrogen (secondary N) is 1. The molecule has 160 valence electrons. The van der Waals surface area contributed by atoms with Crippen molar-refractivity contribution in [2.45, 2.75) is 32.2 Å². The third-order valence-corrected chi connectivity index (χ3v) is 6.74. The standard InChI is InChI=1S/C22H23FN6O2/c1-21(2)11-25-19(30)15-10-26-29-6-4-17(27-18(15)29)28-5-3-13-8-22(13,28)16-7-14(23)9-24-20(16)31-12-21/h4,6-7,9-10,13H,3,5,8,11-12H2,1-2H3,(H,25,30)/t13-,22?/m0/s1. The van der Waals surface area contributed by atoms with Gasteiger partial charge in [-0.3, -0.25) is 4.79 Å². The molecule has 31 heavy (non-hydrogen) atoms. The molecular formula is C22H23FN6O2. The highest BCUT2D eigenvalue weighted by molar-refractivity contribution is 5.99. The van der Waals surface area contributed by atoms with Crippen LogP contribution in [0.5, 0.6) is 5.88 Å². The van der Waals surface area contributed by atoms with E-state index in [1.807, 2.05) is 26.1 Å². The summed E-state index contributed by atoms with van der Waals surface area (Å²) in [6.07, 6.45) is 6.45. The molecule has 1 saturated carbocycles. The summed E-state index contributed by atoms with van der Waals surface area (Å²) in [6, 6.07) is 3.45. The van der Waals surface area contributed by atoms with Crippen LogP contribution in [0.1, 0.15) is 42.6 Å². The molecule has 0 aromatic carbocycles. The Kier molecular flexibility index (Phi) is 3.68. The summed E-state index contributed by atoms with van der Waals surface area (Å²) in [4.78, 5) is 24.2. The van der Waals surface area contributed by atoms with E-state index >= 15 is 0 Å². The summed E-state index contributed by atoms with van der Waals surface area (Å²) in [5.41, 5.74) is 0.988. The Bertz CT molecular complexity index is 1220. The number of carbonyl (C=O) groups is 1. The molecule has 1 saturated heterocycles. The van der Waals surface area contributed by atoms with Crippen molar-refractivity contribution in [1.29, 1.82) is 0 Å². The summed E-state index contributed by atoms with van der Waals surface area (Å²) in [6.45, 7) is 5.56. The van der Waals surface area contributed by atoms with Crippen molar-refractivity contribution in [3.63, 3.8) is 0 Å². The molecule has 1 amide bonds. The predicted octanol–water partition coefficient (Wildman–Crippen LogP) is 2.54. The molecule has 1 aliphatic carbocycles. The molecule has 2 aliphatic heterocycles. The van der Waals surface area contributed by atoms with E-state index in [4.69, 9.17) is 9.72 Å². The van der Waals surface area contributed by atoms with Crippen LogP contribution in [0.3, 0.4) is 0 Å². The van der Waals surface area contributed by atoms with E-state index in [1.54, 1.807) is 16.8 Å². The molecule has 1 N–H and O–H groups in total. The number of fused-ring (bicyclic) bond motifs is 3. The Morgan fingerprint density at radius 1 is 1.32 bits per heavy atom. The smallest absolute Gasteiger partial charge is 0.256 e. The van der Waals surface area contributed by atoms with Crippen molar-refractivity contribution in [3.05, 3.63) is 47.7 Å². The fraction of sp³-hybridized carbons (Fsp3) is 0.455. The minimum Gasteiger partial charge on any atom is -0.477 e. The van der Waals surface area contributed by atoms with E-state index in [0.29, 0.717) is 36.2 Å². The fourth-order valence-electron chi connectivity index (χ4n) is 5.02. The van der Waals surface area contributed by atoms with Crippen LogP contribution in [0, 0.1) is 17.2 Å². The monoisotopic (exact) mass is 422 g/mol. The van der Waals surface area contributed by atoms with Gasteiger partial charge in [0, 0.05) is 30.3 Å². The van der Waals surface area contributed by atoms with Crippen LogP contribution in [-0.4, -0.2) is 45.2 Å². The Morgan fingerprint density at radius 3 is 3.03 bits per heavy atom. The lowest BCUT2D eigenvalue weighted by atomic mass is 9.94. The largest absolute Gasteiger partial charge is 0.477 e. The van der Waals surface area contributed by atoms with Crippen LogP contribution < -0.4 is 15.0 Å². The molecule has 5 heterocycles. The number of piperidine rings is 1. The van der Waals surface area contributed by atoms with Crippen LogP contribution in [-0.2, 0) is 5.54 Å². The van der Waals surface area contributed by atoms with Crippen molar-refractivity contribution >= 4 is 17.4 Å². The topological polar surface area (TPSA) is 84.7 Å². The van der Waals surface area contributed by atoms with E-state index in [9.17, 15) is 9.18 Å². The molecule has 2 atom stereocenters. The lowest BCUT2D eigenvalue weighted by Crippen LogP contribution is -2.39. The van der Waals surface area contributed by atoms with Crippen LogP contribution in [0.2, 0.25) is 0 Å². The lowest BCUT2D eigenvalue weighted by molar-refractivity contribution is 0.0918. The summed E-state index contributed by atoms with van der Waals surface area (Å²) in [7, 11) is 0. The molecule has 2 fully saturated rings. The molecule has 9 heteroatoms. The van der Waals surface area contributed by atoms with Crippen molar-refractivity contribution < 1.29 is 13.9 Å². The fourth-order valence-corrected chi connectivity index (χ4v) is 5.02. The zero-order valence-electron chi connectivity index (χ0n) is 17.4. The highest BCUT2D eigenvalue weighted by Gasteiger charge is 2.65. The van der Waals surface area contributed by atoms with Gasteiger partial charge in [-0.2, -0.15) is 5.10 Å². The lowest BCUT2D eigenvalue weighted by Gasteiger charge is -2.32. The first-order valence-corrected chi connectivity index (χ1v) is 10.6. The maximum absolute atomic E-state index is 14.3. The van der Waals surface area contributed by atoms with E-state index in [1.165, 1.54) is 6.20 Å². The van der Waals surface area contributed by atoms with Crippen molar-refractivity contribution in [1.82, 2.24) is 24.9 Å². The Hall–Kier alpha value is -3.23. The van der Waals surface area contributed by atoms with Gasteiger partial charge in [0.05, 0.1) is 24.5 Å². The quantitative estimate of drug-likeness (QED) is 0.599. The average molecular weight is 422 g/mol.